The van der Waals surface area contributed by atoms with Crippen molar-refractivity contribution in [2.75, 3.05) is 13.1 Å². The second-order valence-corrected chi connectivity index (χ2v) is 4.74. The number of aromatic amines is 1. The van der Waals surface area contributed by atoms with Gasteiger partial charge in [0.1, 0.15) is 11.5 Å². The molecule has 0 bridgehead atoms. The highest BCUT2D eigenvalue weighted by Gasteiger charge is 2.19. The Hall–Kier alpha value is -1.75. The van der Waals surface area contributed by atoms with Gasteiger partial charge in [-0.15, -0.1) is 0 Å². The van der Waals surface area contributed by atoms with Gasteiger partial charge >= 0.3 is 0 Å². The minimum atomic E-state index is 0.497. The van der Waals surface area contributed by atoms with Crippen molar-refractivity contribution < 1.29 is 0 Å². The van der Waals surface area contributed by atoms with E-state index in [9.17, 15) is 0 Å². The molecule has 2 N–H and O–H groups in total. The second-order valence-electron chi connectivity index (χ2n) is 4.74. The Morgan fingerprint density at radius 2 is 2.11 bits per heavy atom. The Bertz CT molecular complexity index is 528. The molecule has 5 heteroatoms. The van der Waals surface area contributed by atoms with Crippen LogP contribution in [0.2, 0.25) is 0 Å². The van der Waals surface area contributed by atoms with Crippen molar-refractivity contribution in [2.24, 2.45) is 0 Å². The average Bonchev–Trinajstić information content (AvgIpc) is 2.90. The predicted octanol–water partition coefficient (Wildman–Crippen LogP) is 1.64. The van der Waals surface area contributed by atoms with Gasteiger partial charge in [-0.2, -0.15) is 5.10 Å². The predicted molar refractivity (Wildman–Crippen MR) is 69.2 cm³/mol. The van der Waals surface area contributed by atoms with Crippen LogP contribution in [-0.4, -0.2) is 33.3 Å². The molecule has 0 unspecified atom stereocenters. The highest BCUT2D eigenvalue weighted by atomic mass is 15.2. The molecule has 2 aromatic heterocycles. The summed E-state index contributed by atoms with van der Waals surface area (Å²) in [5.74, 6) is 2.20. The smallest absolute Gasteiger partial charge is 0.200 e. The van der Waals surface area contributed by atoms with E-state index in [0.29, 0.717) is 11.7 Å². The number of pyridine rings is 1. The van der Waals surface area contributed by atoms with E-state index in [1.165, 1.54) is 0 Å². The topological polar surface area (TPSA) is 66.5 Å². The van der Waals surface area contributed by atoms with Crippen LogP contribution < -0.4 is 5.32 Å². The van der Waals surface area contributed by atoms with Gasteiger partial charge in [0.25, 0.3) is 0 Å². The maximum absolute atomic E-state index is 4.61. The molecule has 0 saturated carbocycles. The summed E-state index contributed by atoms with van der Waals surface area (Å²) in [6.45, 7) is 4.15. The Balaban J connectivity index is 1.87. The molecule has 2 aromatic rings. The lowest BCUT2D eigenvalue weighted by atomic mass is 9.98. The molecule has 1 saturated heterocycles. The summed E-state index contributed by atoms with van der Waals surface area (Å²) in [6, 6.07) is 3.96. The second kappa shape index (κ2) is 4.86. The molecule has 18 heavy (non-hydrogen) atoms. The summed E-state index contributed by atoms with van der Waals surface area (Å²) in [5, 5.41) is 10.7. The van der Waals surface area contributed by atoms with Gasteiger partial charge in [0.05, 0.1) is 0 Å². The zero-order valence-electron chi connectivity index (χ0n) is 10.5. The van der Waals surface area contributed by atoms with E-state index in [1.54, 1.807) is 6.20 Å². The highest BCUT2D eigenvalue weighted by molar-refractivity contribution is 5.53. The lowest BCUT2D eigenvalue weighted by Gasteiger charge is -2.19. The molecule has 1 fully saturated rings. The number of nitrogens with one attached hydrogen (secondary N) is 2. The molecule has 1 aliphatic rings. The van der Waals surface area contributed by atoms with Gasteiger partial charge in [-0.25, -0.2) is 4.98 Å². The van der Waals surface area contributed by atoms with Crippen LogP contribution in [-0.2, 0) is 0 Å². The molecule has 0 aromatic carbocycles. The van der Waals surface area contributed by atoms with Crippen molar-refractivity contribution in [1.29, 1.82) is 0 Å². The monoisotopic (exact) mass is 243 g/mol. The Morgan fingerprint density at radius 3 is 2.89 bits per heavy atom. The molecule has 0 atom stereocenters. The largest absolute Gasteiger partial charge is 0.317 e. The van der Waals surface area contributed by atoms with Crippen molar-refractivity contribution in [3.63, 3.8) is 0 Å². The number of rotatable bonds is 2. The first-order valence-corrected chi connectivity index (χ1v) is 6.39. The standard InChI is InChI=1S/C13H17N5/c1-9-3-2-6-15-11(9)13-16-12(17-18-13)10-4-7-14-8-5-10/h2-3,6,10,14H,4-5,7-8H2,1H3,(H,16,17,18). The third kappa shape index (κ3) is 2.13. The van der Waals surface area contributed by atoms with Gasteiger partial charge in [-0.3, -0.25) is 10.1 Å². The van der Waals surface area contributed by atoms with Crippen LogP contribution in [0.4, 0.5) is 0 Å². The summed E-state index contributed by atoms with van der Waals surface area (Å²) in [6.07, 6.45) is 4.02. The lowest BCUT2D eigenvalue weighted by Crippen LogP contribution is -2.27. The fourth-order valence-corrected chi connectivity index (χ4v) is 2.38. The van der Waals surface area contributed by atoms with Gasteiger partial charge in [-0.05, 0) is 44.5 Å². The summed E-state index contributed by atoms with van der Waals surface area (Å²) in [7, 11) is 0. The summed E-state index contributed by atoms with van der Waals surface area (Å²) in [4.78, 5) is 8.96. The number of hydrogen-bond donors (Lipinski definition) is 2. The summed E-state index contributed by atoms with van der Waals surface area (Å²) in [5.41, 5.74) is 1.97. The van der Waals surface area contributed by atoms with E-state index < -0.39 is 0 Å². The minimum absolute atomic E-state index is 0.497. The van der Waals surface area contributed by atoms with Crippen molar-refractivity contribution in [3.8, 4) is 11.5 Å². The van der Waals surface area contributed by atoms with Crippen LogP contribution in [0.3, 0.4) is 0 Å². The molecular formula is C13H17N5. The molecular weight excluding hydrogens is 226 g/mol. The van der Waals surface area contributed by atoms with E-state index in [1.807, 2.05) is 19.1 Å². The summed E-state index contributed by atoms with van der Waals surface area (Å²) >= 11 is 0. The first kappa shape index (κ1) is 11.3. The van der Waals surface area contributed by atoms with E-state index >= 15 is 0 Å². The highest BCUT2D eigenvalue weighted by Crippen LogP contribution is 2.24. The first-order chi connectivity index (χ1) is 8.84. The van der Waals surface area contributed by atoms with Crippen LogP contribution in [0.1, 0.15) is 30.1 Å². The molecule has 3 heterocycles. The van der Waals surface area contributed by atoms with E-state index in [2.05, 4.69) is 25.5 Å². The minimum Gasteiger partial charge on any atom is -0.317 e. The van der Waals surface area contributed by atoms with Gasteiger partial charge in [0.15, 0.2) is 5.82 Å². The number of aromatic nitrogens is 4. The molecule has 5 nitrogen and oxygen atoms in total. The number of aryl methyl sites for hydroxylation is 1. The van der Waals surface area contributed by atoms with Crippen molar-refractivity contribution in [1.82, 2.24) is 25.5 Å². The van der Waals surface area contributed by atoms with Crippen LogP contribution in [0.25, 0.3) is 11.5 Å². The molecule has 3 rings (SSSR count). The molecule has 0 aliphatic carbocycles. The lowest BCUT2D eigenvalue weighted by molar-refractivity contribution is 0.446. The van der Waals surface area contributed by atoms with E-state index in [4.69, 9.17) is 0 Å². The normalized spacial score (nSPS) is 16.9. The Kier molecular flexibility index (Phi) is 3.06. The van der Waals surface area contributed by atoms with E-state index in [0.717, 1.165) is 43.0 Å². The van der Waals surface area contributed by atoms with Crippen LogP contribution in [0.5, 0.6) is 0 Å². The molecule has 0 spiro atoms. The fourth-order valence-electron chi connectivity index (χ4n) is 2.38. The fraction of sp³-hybridized carbons (Fsp3) is 0.462. The average molecular weight is 243 g/mol. The zero-order chi connectivity index (χ0) is 12.4. The number of hydrogen-bond acceptors (Lipinski definition) is 4. The van der Waals surface area contributed by atoms with Crippen LogP contribution in [0, 0.1) is 6.92 Å². The molecule has 0 radical (unpaired) electrons. The summed E-state index contributed by atoms with van der Waals surface area (Å²) < 4.78 is 0. The third-order valence-electron chi connectivity index (χ3n) is 3.45. The Morgan fingerprint density at radius 1 is 1.28 bits per heavy atom. The van der Waals surface area contributed by atoms with Crippen LogP contribution in [0.15, 0.2) is 18.3 Å². The van der Waals surface area contributed by atoms with Gasteiger partial charge < -0.3 is 5.32 Å². The van der Waals surface area contributed by atoms with Gasteiger partial charge in [-0.1, -0.05) is 6.07 Å². The Labute approximate surface area is 106 Å². The quantitative estimate of drug-likeness (QED) is 0.841. The van der Waals surface area contributed by atoms with Crippen molar-refractivity contribution in [3.05, 3.63) is 29.7 Å². The SMILES string of the molecule is Cc1cccnc1-c1n[nH]c(C2CCNCC2)n1. The zero-order valence-corrected chi connectivity index (χ0v) is 10.5. The molecule has 94 valence electrons. The van der Waals surface area contributed by atoms with Crippen LogP contribution >= 0.6 is 0 Å². The van der Waals surface area contributed by atoms with E-state index in [-0.39, 0.29) is 0 Å². The number of nitrogens with zero attached hydrogens (tertiary/aromatic N) is 3. The first-order valence-electron chi connectivity index (χ1n) is 6.39. The molecule has 0 amide bonds. The van der Waals surface area contributed by atoms with Crippen molar-refractivity contribution in [2.45, 2.75) is 25.7 Å². The van der Waals surface area contributed by atoms with Gasteiger partial charge in [0.2, 0.25) is 0 Å². The third-order valence-corrected chi connectivity index (χ3v) is 3.45. The number of piperidine rings is 1. The molecule has 1 aliphatic heterocycles. The maximum Gasteiger partial charge on any atom is 0.200 e. The maximum atomic E-state index is 4.61. The van der Waals surface area contributed by atoms with Crippen molar-refractivity contribution >= 4 is 0 Å². The van der Waals surface area contributed by atoms with Gasteiger partial charge in [0, 0.05) is 12.1 Å². The number of H-pyrrole nitrogens is 1.